The normalized spacial score (nSPS) is 18.5. The lowest BCUT2D eigenvalue weighted by Crippen LogP contribution is -2.58. The van der Waals surface area contributed by atoms with E-state index in [4.69, 9.17) is 0 Å². The Morgan fingerprint density at radius 1 is 0.781 bits per heavy atom. The average molecular weight is 459 g/mol. The summed E-state index contributed by atoms with van der Waals surface area (Å²) in [4.78, 5) is 60.9. The fourth-order valence-electron chi connectivity index (χ4n) is 4.00. The highest BCUT2D eigenvalue weighted by molar-refractivity contribution is 5.81. The molecule has 0 bridgehead atoms. The molecule has 2 amide bonds. The molecular formula is C20H34N4O8. The minimum absolute atomic E-state index is 0.0213. The van der Waals surface area contributed by atoms with Crippen LogP contribution in [0.4, 0.5) is 0 Å². The first kappa shape index (κ1) is 27.3. The summed E-state index contributed by atoms with van der Waals surface area (Å²) < 4.78 is 0. The van der Waals surface area contributed by atoms with Gasteiger partial charge in [-0.05, 0) is 26.7 Å². The van der Waals surface area contributed by atoms with Crippen molar-refractivity contribution in [1.29, 1.82) is 0 Å². The van der Waals surface area contributed by atoms with E-state index in [1.807, 2.05) is 13.8 Å². The number of amides is 2. The number of hydrogen-bond acceptors (Lipinski definition) is 7. The van der Waals surface area contributed by atoms with Crippen LogP contribution in [0.3, 0.4) is 0 Å². The minimum atomic E-state index is -1.18. The first-order valence-corrected chi connectivity index (χ1v) is 10.7. The second-order valence-electron chi connectivity index (χ2n) is 8.23. The summed E-state index contributed by atoms with van der Waals surface area (Å²) >= 11 is 0. The molecule has 12 nitrogen and oxygen atoms in total. The number of aliphatic carboxylic acids is 3. The maximum absolute atomic E-state index is 12.4. The molecule has 0 aromatic carbocycles. The van der Waals surface area contributed by atoms with Crippen LogP contribution in [-0.2, 0) is 24.0 Å². The maximum atomic E-state index is 12.4. The fourth-order valence-corrected chi connectivity index (χ4v) is 4.00. The first-order chi connectivity index (χ1) is 15.0. The molecule has 0 aliphatic heterocycles. The van der Waals surface area contributed by atoms with Gasteiger partial charge in [-0.15, -0.1) is 0 Å². The van der Waals surface area contributed by atoms with Crippen molar-refractivity contribution in [3.8, 4) is 0 Å². The summed E-state index contributed by atoms with van der Waals surface area (Å²) in [6.07, 6.45) is 2.59. The van der Waals surface area contributed by atoms with Crippen molar-refractivity contribution < 1.29 is 39.3 Å². The van der Waals surface area contributed by atoms with Gasteiger partial charge < -0.3 is 26.0 Å². The molecule has 1 saturated carbocycles. The van der Waals surface area contributed by atoms with Gasteiger partial charge in [0.25, 0.3) is 0 Å². The second kappa shape index (κ2) is 13.6. The van der Waals surface area contributed by atoms with Gasteiger partial charge >= 0.3 is 17.9 Å². The smallest absolute Gasteiger partial charge is 0.317 e. The van der Waals surface area contributed by atoms with Gasteiger partial charge in [0.05, 0.1) is 26.2 Å². The highest BCUT2D eigenvalue weighted by Crippen LogP contribution is 2.27. The lowest BCUT2D eigenvalue weighted by atomic mass is 9.87. The van der Waals surface area contributed by atoms with E-state index in [1.165, 1.54) is 9.80 Å². The molecule has 182 valence electrons. The number of hydrogen-bond donors (Lipinski definition) is 5. The van der Waals surface area contributed by atoms with E-state index in [0.29, 0.717) is 12.8 Å². The van der Waals surface area contributed by atoms with Gasteiger partial charge in [-0.3, -0.25) is 33.8 Å². The number of carboxylic acid groups (broad SMARTS) is 3. The Morgan fingerprint density at radius 2 is 1.22 bits per heavy atom. The molecule has 5 N–H and O–H groups in total. The van der Waals surface area contributed by atoms with E-state index in [-0.39, 0.29) is 31.5 Å². The van der Waals surface area contributed by atoms with Crippen molar-refractivity contribution in [2.45, 2.75) is 64.1 Å². The molecule has 0 spiro atoms. The van der Waals surface area contributed by atoms with Crippen molar-refractivity contribution in [1.82, 2.24) is 20.4 Å². The summed E-state index contributed by atoms with van der Waals surface area (Å²) in [7, 11) is 0. The molecular weight excluding hydrogens is 424 g/mol. The lowest BCUT2D eigenvalue weighted by molar-refractivity contribution is -0.147. The Kier molecular flexibility index (Phi) is 11.6. The van der Waals surface area contributed by atoms with E-state index >= 15 is 0 Å². The Balaban J connectivity index is 2.88. The molecule has 0 radical (unpaired) electrons. The zero-order valence-electron chi connectivity index (χ0n) is 18.6. The third-order valence-electron chi connectivity index (χ3n) is 5.12. The third-order valence-corrected chi connectivity index (χ3v) is 5.12. The molecule has 0 heterocycles. The Morgan fingerprint density at radius 3 is 1.62 bits per heavy atom. The summed E-state index contributed by atoms with van der Waals surface area (Å²) in [5, 5.41) is 33.1. The zero-order chi connectivity index (χ0) is 24.3. The SMILES string of the molecule is CC(C)NC(=O)CCNC(=O)CN(CC(=O)O)C1CCCCC1N(CC(=O)O)CC(=O)O. The lowest BCUT2D eigenvalue weighted by Gasteiger charge is -2.43. The summed E-state index contributed by atoms with van der Waals surface area (Å²) in [5.41, 5.74) is 0. The molecule has 1 rings (SSSR count). The molecule has 0 aromatic heterocycles. The predicted molar refractivity (Wildman–Crippen MR) is 113 cm³/mol. The highest BCUT2D eigenvalue weighted by Gasteiger charge is 2.37. The van der Waals surface area contributed by atoms with E-state index in [9.17, 15) is 39.3 Å². The van der Waals surface area contributed by atoms with Gasteiger partial charge in [0.15, 0.2) is 0 Å². The molecule has 1 aliphatic carbocycles. The van der Waals surface area contributed by atoms with Crippen LogP contribution in [-0.4, -0.2) is 106 Å². The molecule has 0 saturated heterocycles. The fraction of sp³-hybridized carbons (Fsp3) is 0.750. The van der Waals surface area contributed by atoms with Crippen LogP contribution in [0.15, 0.2) is 0 Å². The molecule has 2 atom stereocenters. The summed E-state index contributed by atoms with van der Waals surface area (Å²) in [6, 6.07) is -1.03. The average Bonchev–Trinajstić information content (AvgIpc) is 2.65. The van der Waals surface area contributed by atoms with Gasteiger partial charge in [0, 0.05) is 31.1 Å². The van der Waals surface area contributed by atoms with Crippen LogP contribution < -0.4 is 10.6 Å². The Bertz CT molecular complexity index is 669. The molecule has 32 heavy (non-hydrogen) atoms. The number of nitrogens with one attached hydrogen (secondary N) is 2. The van der Waals surface area contributed by atoms with Crippen molar-refractivity contribution in [3.63, 3.8) is 0 Å². The Labute approximate surface area is 186 Å². The molecule has 2 unspecified atom stereocenters. The van der Waals surface area contributed by atoms with E-state index in [1.54, 1.807) is 0 Å². The number of carbonyl (C=O) groups is 5. The number of carbonyl (C=O) groups excluding carboxylic acids is 2. The van der Waals surface area contributed by atoms with Gasteiger partial charge in [0.1, 0.15) is 0 Å². The van der Waals surface area contributed by atoms with Crippen LogP contribution >= 0.6 is 0 Å². The van der Waals surface area contributed by atoms with Gasteiger partial charge in [-0.2, -0.15) is 0 Å². The Hall–Kier alpha value is -2.73. The van der Waals surface area contributed by atoms with Crippen LogP contribution in [0, 0.1) is 0 Å². The monoisotopic (exact) mass is 458 g/mol. The van der Waals surface area contributed by atoms with Crippen LogP contribution in [0.5, 0.6) is 0 Å². The highest BCUT2D eigenvalue weighted by atomic mass is 16.4. The van der Waals surface area contributed by atoms with Crippen LogP contribution in [0.2, 0.25) is 0 Å². The van der Waals surface area contributed by atoms with Gasteiger partial charge in [0.2, 0.25) is 11.8 Å². The number of rotatable bonds is 14. The second-order valence-corrected chi connectivity index (χ2v) is 8.23. The van der Waals surface area contributed by atoms with Crippen molar-refractivity contribution >= 4 is 29.7 Å². The number of nitrogens with zero attached hydrogens (tertiary/aromatic N) is 2. The molecule has 0 aromatic rings. The number of carboxylic acids is 3. The van der Waals surface area contributed by atoms with Crippen molar-refractivity contribution in [2.75, 3.05) is 32.7 Å². The third kappa shape index (κ3) is 10.5. The molecule has 1 fully saturated rings. The van der Waals surface area contributed by atoms with Crippen molar-refractivity contribution in [2.24, 2.45) is 0 Å². The van der Waals surface area contributed by atoms with Crippen molar-refractivity contribution in [3.05, 3.63) is 0 Å². The maximum Gasteiger partial charge on any atom is 0.317 e. The minimum Gasteiger partial charge on any atom is -0.480 e. The van der Waals surface area contributed by atoms with Crippen LogP contribution in [0.1, 0.15) is 46.0 Å². The predicted octanol–water partition coefficient (Wildman–Crippen LogP) is -0.814. The van der Waals surface area contributed by atoms with E-state index in [2.05, 4.69) is 10.6 Å². The van der Waals surface area contributed by atoms with Gasteiger partial charge in [-0.1, -0.05) is 12.8 Å². The standard InChI is InChI=1S/C20H34N4O8/c1-13(2)22-16(25)7-8-21-17(26)9-23(10-18(27)28)14-5-3-4-6-15(14)24(11-19(29)30)12-20(31)32/h13-15H,3-12H2,1-2H3,(H,21,26)(H,22,25)(H,27,28)(H,29,30)(H,31,32). The quantitative estimate of drug-likeness (QED) is 0.221. The summed E-state index contributed by atoms with van der Waals surface area (Å²) in [5.74, 6) is -4.19. The van der Waals surface area contributed by atoms with E-state index < -0.39 is 55.5 Å². The zero-order valence-corrected chi connectivity index (χ0v) is 18.6. The largest absolute Gasteiger partial charge is 0.480 e. The van der Waals surface area contributed by atoms with Gasteiger partial charge in [-0.25, -0.2) is 0 Å². The first-order valence-electron chi connectivity index (χ1n) is 10.7. The van der Waals surface area contributed by atoms with E-state index in [0.717, 1.165) is 12.8 Å². The van der Waals surface area contributed by atoms with Crippen LogP contribution in [0.25, 0.3) is 0 Å². The molecule has 12 heteroatoms. The summed E-state index contributed by atoms with van der Waals surface area (Å²) in [6.45, 7) is 2.04. The topological polar surface area (TPSA) is 177 Å². The molecule has 1 aliphatic rings.